The van der Waals surface area contributed by atoms with E-state index in [1.807, 2.05) is 0 Å². The molecule has 0 saturated carbocycles. The van der Waals surface area contributed by atoms with Gasteiger partial charge in [-0.25, -0.2) is 9.59 Å². The molecule has 0 heterocycles. The van der Waals surface area contributed by atoms with Crippen molar-refractivity contribution < 1.29 is 28.8 Å². The molecule has 1 amide bonds. The van der Waals surface area contributed by atoms with Gasteiger partial charge < -0.3 is 14.8 Å². The smallest absolute Gasteiger partial charge is 0.339 e. The quantitative estimate of drug-likeness (QED) is 0.306. The Morgan fingerprint density at radius 1 is 1.17 bits per heavy atom. The Kier molecular flexibility index (Phi) is 7.88. The molecule has 0 unspecified atom stereocenters. The van der Waals surface area contributed by atoms with Crippen LogP contribution in [0.15, 0.2) is 29.8 Å². The average Bonchev–Trinajstić information content (AvgIpc) is 2.73. The molecule has 2 rings (SSSR count). The van der Waals surface area contributed by atoms with Gasteiger partial charge in [-0.05, 0) is 45.1 Å². The van der Waals surface area contributed by atoms with Crippen LogP contribution in [0, 0.1) is 10.1 Å². The molecule has 1 N–H and O–H groups in total. The number of non-ortho nitro benzene ring substituents is 1. The first-order valence-corrected chi connectivity index (χ1v) is 9.36. The first-order valence-electron chi connectivity index (χ1n) is 9.36. The van der Waals surface area contributed by atoms with E-state index in [2.05, 4.69) is 16.1 Å². The average molecular weight is 404 g/mol. The standard InChI is InChI=1S/C20H24N2O7/c1-13(18(23)21-9-8-14-6-4-3-5-7-14)29-20(25)16-10-15(19(24)28-2)11-17(12-16)22(26)27/h6,10-13H,3-5,7-9H2,1-2H3,(H,21,23)/t13-/m0/s1. The van der Waals surface area contributed by atoms with Crippen LogP contribution in [0.3, 0.4) is 0 Å². The molecule has 1 aliphatic carbocycles. The maximum absolute atomic E-state index is 12.3. The summed E-state index contributed by atoms with van der Waals surface area (Å²) in [5, 5.41) is 13.8. The number of nitro benzene ring substituents is 1. The molecule has 0 saturated heterocycles. The number of rotatable bonds is 8. The molecule has 1 aliphatic rings. The molecule has 0 aliphatic heterocycles. The Morgan fingerprint density at radius 2 is 1.86 bits per heavy atom. The van der Waals surface area contributed by atoms with Crippen LogP contribution in [-0.4, -0.2) is 42.5 Å². The molecule has 9 nitrogen and oxygen atoms in total. The second kappa shape index (κ2) is 10.4. The lowest BCUT2D eigenvalue weighted by atomic mass is 9.97. The summed E-state index contributed by atoms with van der Waals surface area (Å²) in [7, 11) is 1.12. The predicted octanol–water partition coefficient (Wildman–Crippen LogP) is 2.93. The third-order valence-electron chi connectivity index (χ3n) is 4.57. The van der Waals surface area contributed by atoms with Gasteiger partial charge in [0.1, 0.15) is 0 Å². The molecule has 9 heteroatoms. The van der Waals surface area contributed by atoms with Crippen molar-refractivity contribution in [1.82, 2.24) is 5.32 Å². The zero-order chi connectivity index (χ0) is 21.4. The number of nitrogens with one attached hydrogen (secondary N) is 1. The van der Waals surface area contributed by atoms with Crippen LogP contribution in [0.2, 0.25) is 0 Å². The number of methoxy groups -OCH3 is 1. The van der Waals surface area contributed by atoms with Gasteiger partial charge in [-0.2, -0.15) is 0 Å². The van der Waals surface area contributed by atoms with E-state index in [-0.39, 0.29) is 11.1 Å². The van der Waals surface area contributed by atoms with Gasteiger partial charge in [-0.1, -0.05) is 11.6 Å². The minimum atomic E-state index is -1.09. The lowest BCUT2D eigenvalue weighted by Crippen LogP contribution is -2.36. The maximum atomic E-state index is 12.3. The van der Waals surface area contributed by atoms with Gasteiger partial charge in [-0.3, -0.25) is 14.9 Å². The van der Waals surface area contributed by atoms with Crippen LogP contribution in [0.25, 0.3) is 0 Å². The summed E-state index contributed by atoms with van der Waals surface area (Å²) in [5.74, 6) is -2.24. The van der Waals surface area contributed by atoms with E-state index >= 15 is 0 Å². The molecular weight excluding hydrogens is 380 g/mol. The lowest BCUT2D eigenvalue weighted by Gasteiger charge is -2.16. The first kappa shape index (κ1) is 22.1. The number of ether oxygens (including phenoxy) is 2. The van der Waals surface area contributed by atoms with Gasteiger partial charge in [0.25, 0.3) is 11.6 Å². The fourth-order valence-electron chi connectivity index (χ4n) is 2.97. The number of hydrogen-bond acceptors (Lipinski definition) is 7. The highest BCUT2D eigenvalue weighted by Crippen LogP contribution is 2.20. The molecular formula is C20H24N2O7. The Bertz CT molecular complexity index is 832. The summed E-state index contributed by atoms with van der Waals surface area (Å²) in [6.07, 6.45) is 6.30. The molecule has 0 aromatic heterocycles. The minimum Gasteiger partial charge on any atom is -0.465 e. The van der Waals surface area contributed by atoms with Crippen LogP contribution in [0.1, 0.15) is 59.7 Å². The number of carbonyl (C=O) groups excluding carboxylic acids is 3. The summed E-state index contributed by atoms with van der Waals surface area (Å²) in [6, 6.07) is 3.11. The van der Waals surface area contributed by atoms with Gasteiger partial charge in [0.15, 0.2) is 6.10 Å². The Morgan fingerprint density at radius 3 is 2.45 bits per heavy atom. The molecule has 0 spiro atoms. The summed E-state index contributed by atoms with van der Waals surface area (Å²) in [4.78, 5) is 46.5. The molecule has 29 heavy (non-hydrogen) atoms. The van der Waals surface area contributed by atoms with Gasteiger partial charge in [-0.15, -0.1) is 0 Å². The second-order valence-corrected chi connectivity index (χ2v) is 6.71. The topological polar surface area (TPSA) is 125 Å². The number of hydrogen-bond donors (Lipinski definition) is 1. The van der Waals surface area contributed by atoms with Crippen LogP contribution >= 0.6 is 0 Å². The van der Waals surface area contributed by atoms with Crippen molar-refractivity contribution in [2.24, 2.45) is 0 Å². The van der Waals surface area contributed by atoms with Gasteiger partial charge in [0, 0.05) is 18.7 Å². The number of nitrogens with zero attached hydrogens (tertiary/aromatic N) is 1. The van der Waals surface area contributed by atoms with Gasteiger partial charge in [0.05, 0.1) is 23.2 Å². The highest BCUT2D eigenvalue weighted by Gasteiger charge is 2.23. The van der Waals surface area contributed by atoms with Gasteiger partial charge in [0.2, 0.25) is 0 Å². The zero-order valence-corrected chi connectivity index (χ0v) is 16.4. The van der Waals surface area contributed by atoms with Crippen molar-refractivity contribution in [2.45, 2.75) is 45.1 Å². The van der Waals surface area contributed by atoms with Crippen molar-refractivity contribution in [1.29, 1.82) is 0 Å². The third-order valence-corrected chi connectivity index (χ3v) is 4.57. The van der Waals surface area contributed by atoms with E-state index in [0.29, 0.717) is 6.54 Å². The van der Waals surface area contributed by atoms with E-state index in [4.69, 9.17) is 4.74 Å². The van der Waals surface area contributed by atoms with Crippen molar-refractivity contribution in [3.05, 3.63) is 51.1 Å². The number of allylic oxidation sites excluding steroid dienone is 1. The third kappa shape index (κ3) is 6.41. The summed E-state index contributed by atoms with van der Waals surface area (Å²) >= 11 is 0. The van der Waals surface area contributed by atoms with Crippen molar-refractivity contribution in [2.75, 3.05) is 13.7 Å². The molecule has 156 valence electrons. The highest BCUT2D eigenvalue weighted by molar-refractivity contribution is 5.97. The van der Waals surface area contributed by atoms with Crippen molar-refractivity contribution in [3.8, 4) is 0 Å². The predicted molar refractivity (Wildman–Crippen MR) is 103 cm³/mol. The number of benzene rings is 1. The molecule has 0 radical (unpaired) electrons. The van der Waals surface area contributed by atoms with E-state index in [1.165, 1.54) is 18.9 Å². The fraction of sp³-hybridized carbons (Fsp3) is 0.450. The number of carbonyl (C=O) groups is 3. The Hall–Kier alpha value is -3.23. The van der Waals surface area contributed by atoms with Crippen molar-refractivity contribution in [3.63, 3.8) is 0 Å². The normalized spacial score (nSPS) is 14.3. The SMILES string of the molecule is COC(=O)c1cc(C(=O)O[C@@H](C)C(=O)NCCC2=CCCCC2)cc([N+](=O)[O-])c1. The maximum Gasteiger partial charge on any atom is 0.339 e. The zero-order valence-electron chi connectivity index (χ0n) is 16.4. The highest BCUT2D eigenvalue weighted by atomic mass is 16.6. The van der Waals surface area contributed by atoms with Crippen LogP contribution in [0.5, 0.6) is 0 Å². The molecule has 0 fully saturated rings. The number of nitro groups is 1. The fourth-order valence-corrected chi connectivity index (χ4v) is 2.97. The summed E-state index contributed by atoms with van der Waals surface area (Å²) in [5.41, 5.74) is 0.476. The summed E-state index contributed by atoms with van der Waals surface area (Å²) < 4.78 is 9.64. The Labute approximate surface area is 168 Å². The number of esters is 2. The van der Waals surface area contributed by atoms with Crippen LogP contribution in [0.4, 0.5) is 5.69 Å². The van der Waals surface area contributed by atoms with Crippen LogP contribution in [-0.2, 0) is 14.3 Å². The molecule has 1 aromatic rings. The monoisotopic (exact) mass is 404 g/mol. The van der Waals surface area contributed by atoms with E-state index in [9.17, 15) is 24.5 Å². The molecule has 0 bridgehead atoms. The minimum absolute atomic E-state index is 0.161. The first-order chi connectivity index (χ1) is 13.8. The van der Waals surface area contributed by atoms with Crippen molar-refractivity contribution >= 4 is 23.5 Å². The molecule has 1 aromatic carbocycles. The lowest BCUT2D eigenvalue weighted by molar-refractivity contribution is -0.384. The summed E-state index contributed by atoms with van der Waals surface area (Å²) in [6.45, 7) is 1.85. The van der Waals surface area contributed by atoms with E-state index in [0.717, 1.165) is 51.0 Å². The van der Waals surface area contributed by atoms with E-state index < -0.39 is 34.6 Å². The number of amides is 1. The van der Waals surface area contributed by atoms with Gasteiger partial charge >= 0.3 is 11.9 Å². The van der Waals surface area contributed by atoms with Crippen LogP contribution < -0.4 is 5.32 Å². The van der Waals surface area contributed by atoms with E-state index in [1.54, 1.807) is 0 Å². The molecule has 1 atom stereocenters. The second-order valence-electron chi connectivity index (χ2n) is 6.71. The largest absolute Gasteiger partial charge is 0.465 e. The Balaban J connectivity index is 1.97.